The highest BCUT2D eigenvalue weighted by Gasteiger charge is 2.28. The third kappa shape index (κ3) is 4.61. The Morgan fingerprint density at radius 2 is 1.78 bits per heavy atom. The van der Waals surface area contributed by atoms with Crippen LogP contribution in [0.5, 0.6) is 0 Å². The largest absolute Gasteiger partial charge is 0.478 e. The van der Waals surface area contributed by atoms with Crippen molar-refractivity contribution in [3.8, 4) is 0 Å². The van der Waals surface area contributed by atoms with Gasteiger partial charge in [-0.1, -0.05) is 42.5 Å². The Labute approximate surface area is 157 Å². The lowest BCUT2D eigenvalue weighted by Crippen LogP contribution is -2.35. The summed E-state index contributed by atoms with van der Waals surface area (Å²) in [5, 5.41) is 11.7. The zero-order valence-electron chi connectivity index (χ0n) is 14.7. The van der Waals surface area contributed by atoms with E-state index in [1.54, 1.807) is 23.1 Å². The van der Waals surface area contributed by atoms with Crippen molar-refractivity contribution in [1.29, 1.82) is 0 Å². The van der Waals surface area contributed by atoms with Gasteiger partial charge in [0.1, 0.15) is 0 Å². The molecule has 1 saturated heterocycles. The van der Waals surface area contributed by atoms with Gasteiger partial charge in [-0.15, -0.1) is 0 Å². The predicted octanol–water partition coefficient (Wildman–Crippen LogP) is 2.49. The van der Waals surface area contributed by atoms with E-state index in [1.165, 1.54) is 18.2 Å². The van der Waals surface area contributed by atoms with Crippen LogP contribution in [-0.4, -0.2) is 40.9 Å². The third-order valence-electron chi connectivity index (χ3n) is 4.47. The van der Waals surface area contributed by atoms with E-state index in [0.29, 0.717) is 13.1 Å². The standard InChI is InChI=1S/C21H20N2O4/c24-19-14-18(16-4-2-1-3-5-16)23(13-12-22-19)20(25)11-8-15-6-9-17(10-7-15)21(26)27/h1-11,18H,12-14H2,(H,22,24)(H,26,27). The molecule has 0 saturated carbocycles. The van der Waals surface area contributed by atoms with Gasteiger partial charge in [0.05, 0.1) is 18.0 Å². The maximum absolute atomic E-state index is 12.8. The second-order valence-corrected chi connectivity index (χ2v) is 6.27. The average Bonchev–Trinajstić information content (AvgIpc) is 2.88. The Kier molecular flexibility index (Phi) is 5.66. The lowest BCUT2D eigenvalue weighted by atomic mass is 10.0. The van der Waals surface area contributed by atoms with Gasteiger partial charge >= 0.3 is 5.97 Å². The molecule has 6 nitrogen and oxygen atoms in total. The van der Waals surface area contributed by atoms with E-state index < -0.39 is 5.97 Å². The van der Waals surface area contributed by atoms with E-state index in [2.05, 4.69) is 5.32 Å². The summed E-state index contributed by atoms with van der Waals surface area (Å²) in [6.45, 7) is 0.835. The molecule has 138 valence electrons. The number of carbonyl (C=O) groups excluding carboxylic acids is 2. The van der Waals surface area contributed by atoms with Crippen molar-refractivity contribution in [2.45, 2.75) is 12.5 Å². The summed E-state index contributed by atoms with van der Waals surface area (Å²) in [5.74, 6) is -1.26. The fourth-order valence-corrected chi connectivity index (χ4v) is 3.07. The Morgan fingerprint density at radius 1 is 1.07 bits per heavy atom. The van der Waals surface area contributed by atoms with Crippen LogP contribution in [0.2, 0.25) is 0 Å². The average molecular weight is 364 g/mol. The summed E-state index contributed by atoms with van der Waals surface area (Å²) < 4.78 is 0. The SMILES string of the molecule is O=C1CC(c2ccccc2)N(C(=O)C=Cc2ccc(C(=O)O)cc2)CCN1. The number of carboxylic acid groups (broad SMARTS) is 1. The highest BCUT2D eigenvalue weighted by Crippen LogP contribution is 2.26. The molecular weight excluding hydrogens is 344 g/mol. The molecule has 2 N–H and O–H groups in total. The summed E-state index contributed by atoms with van der Waals surface area (Å²) in [4.78, 5) is 37.4. The molecule has 1 aliphatic heterocycles. The van der Waals surface area contributed by atoms with Crippen molar-refractivity contribution in [2.24, 2.45) is 0 Å². The molecule has 0 aromatic heterocycles. The highest BCUT2D eigenvalue weighted by molar-refractivity contribution is 5.93. The van der Waals surface area contributed by atoms with Crippen LogP contribution in [0.15, 0.2) is 60.7 Å². The molecule has 0 bridgehead atoms. The van der Waals surface area contributed by atoms with E-state index in [1.807, 2.05) is 30.3 Å². The molecule has 27 heavy (non-hydrogen) atoms. The number of carbonyl (C=O) groups is 3. The molecule has 1 unspecified atom stereocenters. The lowest BCUT2D eigenvalue weighted by Gasteiger charge is -2.28. The van der Waals surface area contributed by atoms with Gasteiger partial charge in [-0.25, -0.2) is 4.79 Å². The first kappa shape index (κ1) is 18.4. The Hall–Kier alpha value is -3.41. The van der Waals surface area contributed by atoms with Crippen molar-refractivity contribution in [3.05, 3.63) is 77.4 Å². The zero-order chi connectivity index (χ0) is 19.2. The number of aromatic carboxylic acids is 1. The monoisotopic (exact) mass is 364 g/mol. The first-order valence-electron chi connectivity index (χ1n) is 8.68. The molecular formula is C21H20N2O4. The molecule has 2 aromatic carbocycles. The van der Waals surface area contributed by atoms with Crippen LogP contribution in [-0.2, 0) is 9.59 Å². The summed E-state index contributed by atoms with van der Waals surface area (Å²) in [6.07, 6.45) is 3.33. The molecule has 2 amide bonds. The van der Waals surface area contributed by atoms with Crippen molar-refractivity contribution < 1.29 is 19.5 Å². The Bertz CT molecular complexity index is 860. The molecule has 6 heteroatoms. The van der Waals surface area contributed by atoms with Crippen LogP contribution < -0.4 is 5.32 Å². The molecule has 0 radical (unpaired) electrons. The fourth-order valence-electron chi connectivity index (χ4n) is 3.07. The van der Waals surface area contributed by atoms with Crippen molar-refractivity contribution in [3.63, 3.8) is 0 Å². The van der Waals surface area contributed by atoms with Crippen LogP contribution in [0.3, 0.4) is 0 Å². The lowest BCUT2D eigenvalue weighted by molar-refractivity contribution is -0.128. The van der Waals surface area contributed by atoms with Crippen molar-refractivity contribution >= 4 is 23.9 Å². The molecule has 0 spiro atoms. The maximum atomic E-state index is 12.8. The Morgan fingerprint density at radius 3 is 2.44 bits per heavy atom. The number of hydrogen-bond donors (Lipinski definition) is 2. The van der Waals surface area contributed by atoms with E-state index in [9.17, 15) is 14.4 Å². The van der Waals surface area contributed by atoms with Crippen molar-refractivity contribution in [2.75, 3.05) is 13.1 Å². The van der Waals surface area contributed by atoms with Gasteiger partial charge in [-0.2, -0.15) is 0 Å². The van der Waals surface area contributed by atoms with Crippen LogP contribution in [0.4, 0.5) is 0 Å². The van der Waals surface area contributed by atoms with Gasteiger partial charge < -0.3 is 15.3 Å². The number of rotatable bonds is 4. The molecule has 1 fully saturated rings. The summed E-state index contributed by atoms with van der Waals surface area (Å²) >= 11 is 0. The number of hydrogen-bond acceptors (Lipinski definition) is 3. The molecule has 3 rings (SSSR count). The van der Waals surface area contributed by atoms with E-state index >= 15 is 0 Å². The van der Waals surface area contributed by atoms with E-state index in [0.717, 1.165) is 11.1 Å². The van der Waals surface area contributed by atoms with Gasteiger partial charge in [0, 0.05) is 19.2 Å². The minimum Gasteiger partial charge on any atom is -0.478 e. The summed E-state index contributed by atoms with van der Waals surface area (Å²) in [6, 6.07) is 15.5. The zero-order valence-corrected chi connectivity index (χ0v) is 14.7. The van der Waals surface area contributed by atoms with Gasteiger partial charge in [-0.3, -0.25) is 9.59 Å². The summed E-state index contributed by atoms with van der Waals surface area (Å²) in [5.41, 5.74) is 1.84. The second-order valence-electron chi connectivity index (χ2n) is 6.27. The van der Waals surface area contributed by atoms with Gasteiger partial charge in [0.2, 0.25) is 11.8 Å². The second kappa shape index (κ2) is 8.31. The van der Waals surface area contributed by atoms with Gasteiger partial charge in [0.15, 0.2) is 0 Å². The highest BCUT2D eigenvalue weighted by atomic mass is 16.4. The van der Waals surface area contributed by atoms with Crippen LogP contribution in [0.1, 0.15) is 33.9 Å². The van der Waals surface area contributed by atoms with Crippen LogP contribution in [0, 0.1) is 0 Å². The van der Waals surface area contributed by atoms with Gasteiger partial charge in [0.25, 0.3) is 0 Å². The van der Waals surface area contributed by atoms with E-state index in [-0.39, 0.29) is 29.8 Å². The van der Waals surface area contributed by atoms with Gasteiger partial charge in [-0.05, 0) is 29.3 Å². The third-order valence-corrected chi connectivity index (χ3v) is 4.47. The van der Waals surface area contributed by atoms with Crippen LogP contribution in [0.25, 0.3) is 6.08 Å². The minimum absolute atomic E-state index is 0.0765. The van der Waals surface area contributed by atoms with Crippen LogP contribution >= 0.6 is 0 Å². The molecule has 1 aliphatic rings. The Balaban J connectivity index is 1.79. The first-order chi connectivity index (χ1) is 13.0. The quantitative estimate of drug-likeness (QED) is 0.816. The number of nitrogens with one attached hydrogen (secondary N) is 1. The summed E-state index contributed by atoms with van der Waals surface area (Å²) in [7, 11) is 0. The molecule has 2 aromatic rings. The molecule has 1 atom stereocenters. The fraction of sp³-hybridized carbons (Fsp3) is 0.190. The predicted molar refractivity (Wildman–Crippen MR) is 101 cm³/mol. The van der Waals surface area contributed by atoms with E-state index in [4.69, 9.17) is 5.11 Å². The molecule has 0 aliphatic carbocycles. The number of amides is 2. The topological polar surface area (TPSA) is 86.7 Å². The normalized spacial score (nSPS) is 17.4. The molecule has 1 heterocycles. The number of nitrogens with zero attached hydrogens (tertiary/aromatic N) is 1. The minimum atomic E-state index is -0.992. The number of carboxylic acids is 1. The maximum Gasteiger partial charge on any atom is 0.335 e. The number of benzene rings is 2. The van der Waals surface area contributed by atoms with Crippen molar-refractivity contribution in [1.82, 2.24) is 10.2 Å². The smallest absolute Gasteiger partial charge is 0.335 e. The first-order valence-corrected chi connectivity index (χ1v) is 8.68.